The van der Waals surface area contributed by atoms with Gasteiger partial charge in [-0.2, -0.15) is 0 Å². The molecule has 12 heteroatoms. The number of halogens is 2. The number of hydrogen-bond acceptors (Lipinski definition) is 9. The molecule has 1 fully saturated rings. The van der Waals surface area contributed by atoms with Crippen LogP contribution in [0.3, 0.4) is 0 Å². The molecule has 0 spiro atoms. The number of aliphatic hydroxyl groups excluding tert-OH is 2. The Balaban J connectivity index is 1.69. The van der Waals surface area contributed by atoms with E-state index >= 15 is 0 Å². The van der Waals surface area contributed by atoms with Gasteiger partial charge in [0.05, 0.1) is 28.1 Å². The second-order valence-corrected chi connectivity index (χ2v) is 10.3. The lowest BCUT2D eigenvalue weighted by atomic mass is 10.1. The highest BCUT2D eigenvalue weighted by Crippen LogP contribution is 2.39. The Hall–Kier alpha value is -2.31. The van der Waals surface area contributed by atoms with Gasteiger partial charge >= 0.3 is 0 Å². The van der Waals surface area contributed by atoms with Crippen LogP contribution in [0.15, 0.2) is 36.7 Å². The Morgan fingerprint density at radius 2 is 2.18 bits per heavy atom. The molecular formula is C21H20ClFN4O4S2. The molecule has 2 heterocycles. The summed E-state index contributed by atoms with van der Waals surface area (Å²) in [6.45, 7) is -0.620. The molecule has 174 valence electrons. The summed E-state index contributed by atoms with van der Waals surface area (Å²) in [5.41, 5.74) is 1.42. The van der Waals surface area contributed by atoms with Crippen LogP contribution in [-0.2, 0) is 4.79 Å². The van der Waals surface area contributed by atoms with Crippen LogP contribution in [0.2, 0.25) is 5.02 Å². The predicted octanol–water partition coefficient (Wildman–Crippen LogP) is 3.99. The third-order valence-electron chi connectivity index (χ3n) is 4.76. The summed E-state index contributed by atoms with van der Waals surface area (Å²) in [6, 6.07) is 7.51. The van der Waals surface area contributed by atoms with Crippen LogP contribution in [0.25, 0.3) is 10.9 Å². The van der Waals surface area contributed by atoms with Gasteiger partial charge in [-0.3, -0.25) is 4.79 Å². The largest absolute Gasteiger partial charge is 0.489 e. The molecule has 0 saturated carbocycles. The molecule has 2 aromatic carbocycles. The molecule has 2 atom stereocenters. The van der Waals surface area contributed by atoms with Gasteiger partial charge in [-0.1, -0.05) is 33.2 Å². The topological polar surface area (TPSA) is 117 Å². The number of ether oxygens (including phenoxy) is 1. The van der Waals surface area contributed by atoms with Crippen molar-refractivity contribution in [3.05, 3.63) is 47.5 Å². The highest BCUT2D eigenvalue weighted by molar-refractivity contribution is 8.77. The third kappa shape index (κ3) is 5.79. The van der Waals surface area contributed by atoms with Crippen LogP contribution in [-0.4, -0.2) is 56.4 Å². The first kappa shape index (κ1) is 23.8. The molecule has 1 saturated heterocycles. The zero-order valence-corrected chi connectivity index (χ0v) is 19.5. The van der Waals surface area contributed by atoms with E-state index in [0.717, 1.165) is 12.2 Å². The van der Waals surface area contributed by atoms with E-state index in [1.165, 1.54) is 35.3 Å². The molecule has 1 aliphatic heterocycles. The van der Waals surface area contributed by atoms with E-state index in [9.17, 15) is 14.3 Å². The van der Waals surface area contributed by atoms with Crippen LogP contribution in [0.5, 0.6) is 5.75 Å². The van der Waals surface area contributed by atoms with Crippen LogP contribution in [0.4, 0.5) is 21.6 Å². The highest BCUT2D eigenvalue weighted by atomic mass is 35.5. The summed E-state index contributed by atoms with van der Waals surface area (Å²) in [7, 11) is 3.17. The zero-order chi connectivity index (χ0) is 23.4. The van der Waals surface area contributed by atoms with Gasteiger partial charge in [0.1, 0.15) is 36.4 Å². The van der Waals surface area contributed by atoms with E-state index in [2.05, 4.69) is 20.6 Å². The molecule has 33 heavy (non-hydrogen) atoms. The normalized spacial score (nSPS) is 16.5. The first-order valence-corrected chi connectivity index (χ1v) is 12.7. The summed E-state index contributed by atoms with van der Waals surface area (Å²) in [6.07, 6.45) is 1.04. The second kappa shape index (κ2) is 10.7. The van der Waals surface area contributed by atoms with Crippen molar-refractivity contribution in [3.63, 3.8) is 0 Å². The smallest absolute Gasteiger partial charge is 0.238 e. The molecule has 2 unspecified atom stereocenters. The van der Waals surface area contributed by atoms with Crippen LogP contribution in [0, 0.1) is 5.82 Å². The van der Waals surface area contributed by atoms with E-state index in [1.807, 2.05) is 0 Å². The average Bonchev–Trinajstić information content (AvgIpc) is 3.35. The van der Waals surface area contributed by atoms with Crippen molar-refractivity contribution < 1.29 is 24.1 Å². The number of amides is 1. The van der Waals surface area contributed by atoms with Crippen molar-refractivity contribution in [1.29, 1.82) is 0 Å². The van der Waals surface area contributed by atoms with Gasteiger partial charge in [0.15, 0.2) is 0 Å². The molecule has 1 aliphatic rings. The maximum atomic E-state index is 13.5. The summed E-state index contributed by atoms with van der Waals surface area (Å²) in [4.78, 5) is 21.3. The van der Waals surface area contributed by atoms with E-state index in [-0.39, 0.29) is 22.8 Å². The fourth-order valence-corrected chi connectivity index (χ4v) is 5.97. The minimum Gasteiger partial charge on any atom is -0.489 e. The molecule has 3 aromatic rings. The summed E-state index contributed by atoms with van der Waals surface area (Å²) in [5, 5.41) is 25.1. The fourth-order valence-electron chi connectivity index (χ4n) is 3.07. The number of nitrogens with zero attached hydrogens (tertiary/aromatic N) is 2. The Labute approximate surface area is 201 Å². The van der Waals surface area contributed by atoms with Crippen molar-refractivity contribution in [2.45, 2.75) is 17.8 Å². The van der Waals surface area contributed by atoms with Crippen molar-refractivity contribution in [1.82, 2.24) is 9.97 Å². The van der Waals surface area contributed by atoms with E-state index in [4.69, 9.17) is 21.4 Å². The van der Waals surface area contributed by atoms with Crippen LogP contribution >= 0.6 is 33.2 Å². The lowest BCUT2D eigenvalue weighted by Crippen LogP contribution is -2.25. The van der Waals surface area contributed by atoms with Gasteiger partial charge in [-0.25, -0.2) is 14.4 Å². The van der Waals surface area contributed by atoms with Gasteiger partial charge < -0.3 is 25.6 Å². The van der Waals surface area contributed by atoms with Crippen molar-refractivity contribution in [3.8, 4) is 5.75 Å². The number of fused-ring (bicyclic) bond motifs is 1. The van der Waals surface area contributed by atoms with Gasteiger partial charge in [0, 0.05) is 22.9 Å². The van der Waals surface area contributed by atoms with Crippen molar-refractivity contribution >= 4 is 67.2 Å². The van der Waals surface area contributed by atoms with Crippen LogP contribution < -0.4 is 15.4 Å². The molecule has 1 amide bonds. The summed E-state index contributed by atoms with van der Waals surface area (Å²) < 4.78 is 19.2. The number of carbonyl (C=O) groups is 1. The molecule has 1 aromatic heterocycles. The Morgan fingerprint density at radius 3 is 2.91 bits per heavy atom. The Morgan fingerprint density at radius 1 is 1.33 bits per heavy atom. The monoisotopic (exact) mass is 510 g/mol. The van der Waals surface area contributed by atoms with Gasteiger partial charge in [0.2, 0.25) is 5.91 Å². The van der Waals surface area contributed by atoms with Crippen molar-refractivity contribution in [2.75, 3.05) is 29.6 Å². The van der Waals surface area contributed by atoms with E-state index < -0.39 is 18.5 Å². The lowest BCUT2D eigenvalue weighted by molar-refractivity contribution is -0.115. The number of hydrogen-bond donors (Lipinski definition) is 4. The number of aliphatic hydroxyl groups is 2. The zero-order valence-electron chi connectivity index (χ0n) is 17.1. The third-order valence-corrected chi connectivity index (χ3v) is 7.87. The number of anilines is 3. The number of carbonyl (C=O) groups excluding carboxylic acids is 1. The van der Waals surface area contributed by atoms with Crippen molar-refractivity contribution in [2.24, 2.45) is 0 Å². The molecule has 8 nitrogen and oxygen atoms in total. The SMILES string of the molecule is O=C(Nc1cc2c(Nc3ccc(F)c(Cl)c3)ncnc2cc1OCC(O)CO)C1CCSS1. The lowest BCUT2D eigenvalue weighted by Gasteiger charge is -2.17. The second-order valence-electron chi connectivity index (χ2n) is 7.17. The molecular weight excluding hydrogens is 491 g/mol. The molecule has 0 bridgehead atoms. The summed E-state index contributed by atoms with van der Waals surface area (Å²) >= 11 is 5.88. The number of rotatable bonds is 8. The van der Waals surface area contributed by atoms with Crippen LogP contribution in [0.1, 0.15) is 6.42 Å². The quantitative estimate of drug-likeness (QED) is 0.334. The number of aromatic nitrogens is 2. The molecule has 0 aliphatic carbocycles. The van der Waals surface area contributed by atoms with E-state index in [0.29, 0.717) is 33.8 Å². The molecule has 4 N–H and O–H groups in total. The van der Waals surface area contributed by atoms with Gasteiger partial charge in [-0.05, 0) is 30.7 Å². The number of benzene rings is 2. The standard InChI is InChI=1S/C21H20ClFN4O4S2/c22-14-5-11(1-2-15(14)23)26-20-13-6-17(27-21(30)19-3-4-32-33-19)18(31-9-12(29)8-28)7-16(13)24-10-25-20/h1-2,5-7,10,12,19,28-29H,3-4,8-9H2,(H,27,30)(H,24,25,26). The average molecular weight is 511 g/mol. The molecule has 4 rings (SSSR count). The minimum absolute atomic E-state index is 0.0311. The maximum Gasteiger partial charge on any atom is 0.238 e. The fraction of sp³-hybridized carbons (Fsp3) is 0.286. The predicted molar refractivity (Wildman–Crippen MR) is 130 cm³/mol. The minimum atomic E-state index is -1.07. The first-order chi connectivity index (χ1) is 15.9. The number of nitrogens with one attached hydrogen (secondary N) is 2. The highest BCUT2D eigenvalue weighted by Gasteiger charge is 2.25. The molecule has 0 radical (unpaired) electrons. The Bertz CT molecular complexity index is 1170. The van der Waals surface area contributed by atoms with Gasteiger partial charge in [-0.15, -0.1) is 0 Å². The van der Waals surface area contributed by atoms with E-state index in [1.54, 1.807) is 22.9 Å². The van der Waals surface area contributed by atoms with Gasteiger partial charge in [0.25, 0.3) is 0 Å². The summed E-state index contributed by atoms with van der Waals surface area (Å²) in [5.74, 6) is 0.928. The Kier molecular flexibility index (Phi) is 7.76. The maximum absolute atomic E-state index is 13.5. The first-order valence-electron chi connectivity index (χ1n) is 9.96.